The molecule has 0 saturated carbocycles. The summed E-state index contributed by atoms with van der Waals surface area (Å²) in [6.07, 6.45) is 7.23. The van der Waals surface area contributed by atoms with E-state index in [0.29, 0.717) is 18.2 Å². The molecule has 1 aromatic rings. The van der Waals surface area contributed by atoms with Crippen LogP contribution in [0.25, 0.3) is 5.57 Å². The van der Waals surface area contributed by atoms with Crippen LogP contribution in [0.5, 0.6) is 0 Å². The lowest BCUT2D eigenvalue weighted by Crippen LogP contribution is -2.35. The summed E-state index contributed by atoms with van der Waals surface area (Å²) >= 11 is 1.78. The van der Waals surface area contributed by atoms with E-state index in [2.05, 4.69) is 23.6 Å². The molecule has 2 aliphatic rings. The Morgan fingerprint density at radius 3 is 3.10 bits per heavy atom. The molecule has 4 heteroatoms. The van der Waals surface area contributed by atoms with Gasteiger partial charge in [0.15, 0.2) is 0 Å². The molecule has 0 spiro atoms. The standard InChI is InChI=1S/C17H23NO2S/c19-17(6-5-14-3-1-11-20-13-14)18-9-7-15(8-10-18)16-4-2-12-21-16/h2,4,7,12,14H,1,3,5-6,8-11,13H2. The van der Waals surface area contributed by atoms with Crippen LogP contribution in [0.3, 0.4) is 0 Å². The zero-order valence-corrected chi connectivity index (χ0v) is 13.2. The Bertz CT molecular complexity index is 489. The van der Waals surface area contributed by atoms with Gasteiger partial charge in [-0.05, 0) is 48.6 Å². The Balaban J connectivity index is 1.46. The van der Waals surface area contributed by atoms with Gasteiger partial charge in [0.1, 0.15) is 0 Å². The van der Waals surface area contributed by atoms with Gasteiger partial charge in [0.2, 0.25) is 5.91 Å². The van der Waals surface area contributed by atoms with Crippen LogP contribution in [0.15, 0.2) is 23.6 Å². The van der Waals surface area contributed by atoms with E-state index in [0.717, 1.165) is 45.6 Å². The first-order valence-corrected chi connectivity index (χ1v) is 8.79. The molecule has 2 aliphatic heterocycles. The maximum atomic E-state index is 12.3. The van der Waals surface area contributed by atoms with Gasteiger partial charge in [0.25, 0.3) is 0 Å². The molecular formula is C17H23NO2S. The van der Waals surface area contributed by atoms with E-state index in [-0.39, 0.29) is 0 Å². The Morgan fingerprint density at radius 1 is 1.48 bits per heavy atom. The highest BCUT2D eigenvalue weighted by Crippen LogP contribution is 2.26. The van der Waals surface area contributed by atoms with Crippen molar-refractivity contribution in [2.45, 2.75) is 32.1 Å². The van der Waals surface area contributed by atoms with Gasteiger partial charge in [-0.3, -0.25) is 4.79 Å². The largest absolute Gasteiger partial charge is 0.381 e. The lowest BCUT2D eigenvalue weighted by Gasteiger charge is -2.27. The summed E-state index contributed by atoms with van der Waals surface area (Å²) in [5.74, 6) is 0.895. The van der Waals surface area contributed by atoms with Gasteiger partial charge in [-0.2, -0.15) is 0 Å². The molecule has 114 valence electrons. The van der Waals surface area contributed by atoms with E-state index < -0.39 is 0 Å². The average Bonchev–Trinajstić information content (AvgIpc) is 3.08. The number of amides is 1. The predicted molar refractivity (Wildman–Crippen MR) is 86.3 cm³/mol. The summed E-state index contributed by atoms with van der Waals surface area (Å²) in [7, 11) is 0. The zero-order chi connectivity index (χ0) is 14.5. The fraction of sp³-hybridized carbons (Fsp3) is 0.588. The number of rotatable bonds is 4. The maximum Gasteiger partial charge on any atom is 0.222 e. The van der Waals surface area contributed by atoms with Crippen molar-refractivity contribution in [1.82, 2.24) is 4.90 Å². The predicted octanol–water partition coefficient (Wildman–Crippen LogP) is 3.57. The first-order chi connectivity index (χ1) is 10.3. The Hall–Kier alpha value is -1.13. The molecule has 1 saturated heterocycles. The van der Waals surface area contributed by atoms with Crippen LogP contribution in [0, 0.1) is 5.92 Å². The van der Waals surface area contributed by atoms with E-state index in [4.69, 9.17) is 4.74 Å². The van der Waals surface area contributed by atoms with E-state index in [1.54, 1.807) is 11.3 Å². The number of carbonyl (C=O) groups excluding carboxylic acids is 1. The second-order valence-corrected chi connectivity index (χ2v) is 6.87. The minimum atomic E-state index is 0.307. The summed E-state index contributed by atoms with van der Waals surface area (Å²) in [5, 5.41) is 2.11. The molecule has 0 radical (unpaired) electrons. The van der Waals surface area contributed by atoms with Crippen LogP contribution in [-0.4, -0.2) is 37.1 Å². The zero-order valence-electron chi connectivity index (χ0n) is 12.4. The van der Waals surface area contributed by atoms with Crippen molar-refractivity contribution in [3.8, 4) is 0 Å². The molecule has 0 N–H and O–H groups in total. The van der Waals surface area contributed by atoms with Crippen molar-refractivity contribution in [3.05, 3.63) is 28.5 Å². The SMILES string of the molecule is O=C(CCC1CCCOC1)N1CC=C(c2cccs2)CC1. The van der Waals surface area contributed by atoms with Gasteiger partial charge in [-0.25, -0.2) is 0 Å². The van der Waals surface area contributed by atoms with Gasteiger partial charge in [0, 0.05) is 37.6 Å². The van der Waals surface area contributed by atoms with E-state index >= 15 is 0 Å². The quantitative estimate of drug-likeness (QED) is 0.851. The number of hydrogen-bond acceptors (Lipinski definition) is 3. The summed E-state index contributed by atoms with van der Waals surface area (Å²) in [6, 6.07) is 4.25. The molecule has 3 heterocycles. The highest BCUT2D eigenvalue weighted by Gasteiger charge is 2.20. The number of hydrogen-bond donors (Lipinski definition) is 0. The van der Waals surface area contributed by atoms with Crippen LogP contribution in [-0.2, 0) is 9.53 Å². The van der Waals surface area contributed by atoms with Gasteiger partial charge in [-0.15, -0.1) is 11.3 Å². The average molecular weight is 305 g/mol. The molecule has 3 nitrogen and oxygen atoms in total. The number of thiophene rings is 1. The van der Waals surface area contributed by atoms with Crippen LogP contribution in [0.2, 0.25) is 0 Å². The van der Waals surface area contributed by atoms with E-state index in [9.17, 15) is 4.79 Å². The smallest absolute Gasteiger partial charge is 0.222 e. The second kappa shape index (κ2) is 7.23. The van der Waals surface area contributed by atoms with Crippen molar-refractivity contribution >= 4 is 22.8 Å². The third kappa shape index (κ3) is 3.95. The minimum absolute atomic E-state index is 0.307. The molecule has 1 unspecified atom stereocenters. The fourth-order valence-corrected chi connectivity index (χ4v) is 3.90. The van der Waals surface area contributed by atoms with Crippen LogP contribution < -0.4 is 0 Å². The van der Waals surface area contributed by atoms with Gasteiger partial charge in [0.05, 0.1) is 0 Å². The van der Waals surface area contributed by atoms with Crippen LogP contribution in [0.1, 0.15) is 37.0 Å². The van der Waals surface area contributed by atoms with Crippen molar-refractivity contribution in [2.24, 2.45) is 5.92 Å². The van der Waals surface area contributed by atoms with Gasteiger partial charge < -0.3 is 9.64 Å². The summed E-state index contributed by atoms with van der Waals surface area (Å²) in [5.41, 5.74) is 1.40. The van der Waals surface area contributed by atoms with Crippen molar-refractivity contribution in [2.75, 3.05) is 26.3 Å². The summed E-state index contributed by atoms with van der Waals surface area (Å²) < 4.78 is 5.48. The molecule has 1 amide bonds. The highest BCUT2D eigenvalue weighted by atomic mass is 32.1. The van der Waals surface area contributed by atoms with Crippen molar-refractivity contribution in [1.29, 1.82) is 0 Å². The first-order valence-electron chi connectivity index (χ1n) is 7.91. The molecule has 3 rings (SSSR count). The minimum Gasteiger partial charge on any atom is -0.381 e. The first kappa shape index (κ1) is 14.8. The number of carbonyl (C=O) groups is 1. The van der Waals surface area contributed by atoms with Gasteiger partial charge >= 0.3 is 0 Å². The molecule has 21 heavy (non-hydrogen) atoms. The molecule has 0 aromatic carbocycles. The summed E-state index contributed by atoms with van der Waals surface area (Å²) in [6.45, 7) is 3.37. The topological polar surface area (TPSA) is 29.5 Å². The molecule has 0 bridgehead atoms. The lowest BCUT2D eigenvalue weighted by molar-refractivity contribution is -0.131. The van der Waals surface area contributed by atoms with Crippen LogP contribution in [0.4, 0.5) is 0 Å². The molecule has 0 aliphatic carbocycles. The normalized spacial score (nSPS) is 23.0. The van der Waals surface area contributed by atoms with Gasteiger partial charge in [-0.1, -0.05) is 12.1 Å². The molecular weight excluding hydrogens is 282 g/mol. The number of nitrogens with zero attached hydrogens (tertiary/aromatic N) is 1. The maximum absolute atomic E-state index is 12.3. The Kier molecular flexibility index (Phi) is 5.09. The Labute approximate surface area is 130 Å². The number of ether oxygens (including phenoxy) is 1. The molecule has 1 aromatic heterocycles. The second-order valence-electron chi connectivity index (χ2n) is 5.92. The fourth-order valence-electron chi connectivity index (χ4n) is 3.10. The summed E-state index contributed by atoms with van der Waals surface area (Å²) in [4.78, 5) is 15.6. The van der Waals surface area contributed by atoms with Crippen LogP contribution >= 0.6 is 11.3 Å². The van der Waals surface area contributed by atoms with Crippen molar-refractivity contribution in [3.63, 3.8) is 0 Å². The van der Waals surface area contributed by atoms with E-state index in [1.165, 1.54) is 16.9 Å². The monoisotopic (exact) mass is 305 g/mol. The highest BCUT2D eigenvalue weighted by molar-refractivity contribution is 7.11. The van der Waals surface area contributed by atoms with Crippen molar-refractivity contribution < 1.29 is 9.53 Å². The molecule has 1 fully saturated rings. The third-order valence-electron chi connectivity index (χ3n) is 4.42. The Morgan fingerprint density at radius 2 is 2.43 bits per heavy atom. The van der Waals surface area contributed by atoms with E-state index in [1.807, 2.05) is 4.90 Å². The lowest BCUT2D eigenvalue weighted by atomic mass is 9.96. The third-order valence-corrected chi connectivity index (χ3v) is 5.37. The molecule has 1 atom stereocenters.